The van der Waals surface area contributed by atoms with Gasteiger partial charge < -0.3 is 20.3 Å². The van der Waals surface area contributed by atoms with Crippen LogP contribution < -0.4 is 5.32 Å². The minimum absolute atomic E-state index is 0.00946. The Morgan fingerprint density at radius 3 is 1.86 bits per heavy atom. The molecule has 2 amide bonds. The van der Waals surface area contributed by atoms with Gasteiger partial charge in [0.05, 0.1) is 29.7 Å². The second-order valence-corrected chi connectivity index (χ2v) is 16.7. The Kier molecular flexibility index (Phi) is 22.4. The van der Waals surface area contributed by atoms with Gasteiger partial charge in [0.15, 0.2) is 0 Å². The zero-order valence-corrected chi connectivity index (χ0v) is 35.4. The zero-order chi connectivity index (χ0) is 42.0. The lowest BCUT2D eigenvalue weighted by atomic mass is 9.97. The number of sulfonamides is 1. The first-order valence-corrected chi connectivity index (χ1v) is 22.1. The lowest BCUT2D eigenvalue weighted by Crippen LogP contribution is -2.56. The quantitative estimate of drug-likeness (QED) is 0.0805. The van der Waals surface area contributed by atoms with E-state index >= 15 is 0 Å². The van der Waals surface area contributed by atoms with E-state index in [1.807, 2.05) is 56.3 Å². The number of carboxylic acid groups (broad SMARTS) is 1. The Morgan fingerprint density at radius 2 is 1.36 bits per heavy atom. The van der Waals surface area contributed by atoms with E-state index in [0.29, 0.717) is 25.1 Å². The Bertz CT molecular complexity index is 1780. The molecule has 11 heteroatoms. The number of rotatable bonds is 26. The van der Waals surface area contributed by atoms with Crippen molar-refractivity contribution >= 4 is 27.7 Å². The van der Waals surface area contributed by atoms with E-state index < -0.39 is 34.3 Å². The third kappa shape index (κ3) is 17.9. The fourth-order valence-electron chi connectivity index (χ4n) is 6.53. The maximum absolute atomic E-state index is 14.0. The second-order valence-electron chi connectivity index (χ2n) is 14.8. The smallest absolute Gasteiger partial charge is 0.407 e. The Morgan fingerprint density at radius 1 is 0.810 bits per heavy atom. The standard InChI is InChI=1S/C47H65N3O7S/c1-4-5-6-7-8-9-10-11-12-13-14-15-16-17-18-19-20-21-25-28-46(52)48-41-29-31-43(32-30-41)58(55,56)49(36-39(2)3)37-45(51)44(35-40-26-23-22-24-27-40)50(47(53)54)42-33-34-57-38-42/h5-6,8-9,11-12,14-15,17-18,20-24,26-27,29-32,39,42,44-45,51H,4,7,10,13,16,19,25,28,33-38H2,1-3H3,(H,48,52)(H,53,54)/t42-,44-,45+/m0/s1. The number of hydrogen-bond donors (Lipinski definition) is 3. The van der Waals surface area contributed by atoms with Crippen molar-refractivity contribution in [3.05, 3.63) is 133 Å². The largest absolute Gasteiger partial charge is 0.465 e. The molecule has 0 aromatic heterocycles. The molecule has 0 saturated carbocycles. The lowest BCUT2D eigenvalue weighted by molar-refractivity contribution is -0.116. The van der Waals surface area contributed by atoms with E-state index in [1.54, 1.807) is 12.1 Å². The first-order valence-electron chi connectivity index (χ1n) is 20.6. The minimum atomic E-state index is -4.10. The molecule has 1 fully saturated rings. The molecule has 0 aliphatic carbocycles. The first kappa shape index (κ1) is 47.8. The molecular weight excluding hydrogens is 751 g/mol. The average Bonchev–Trinajstić information content (AvgIpc) is 3.73. The van der Waals surface area contributed by atoms with E-state index in [1.165, 1.54) is 21.3 Å². The number of ether oxygens (including phenoxy) is 1. The monoisotopic (exact) mass is 815 g/mol. The van der Waals surface area contributed by atoms with Crippen molar-refractivity contribution in [1.29, 1.82) is 0 Å². The zero-order valence-electron chi connectivity index (χ0n) is 34.6. The van der Waals surface area contributed by atoms with Crippen LogP contribution in [0.25, 0.3) is 0 Å². The van der Waals surface area contributed by atoms with Gasteiger partial charge in [-0.15, -0.1) is 0 Å². The van der Waals surface area contributed by atoms with Gasteiger partial charge in [-0.25, -0.2) is 13.2 Å². The van der Waals surface area contributed by atoms with Crippen molar-refractivity contribution in [3.63, 3.8) is 0 Å². The summed E-state index contributed by atoms with van der Waals surface area (Å²) in [5, 5.41) is 24.8. The second kappa shape index (κ2) is 27.2. The third-order valence-electron chi connectivity index (χ3n) is 9.48. The molecule has 10 nitrogen and oxygen atoms in total. The Labute approximate surface area is 347 Å². The van der Waals surface area contributed by atoms with Gasteiger partial charge in [0, 0.05) is 31.8 Å². The maximum atomic E-state index is 14.0. The van der Waals surface area contributed by atoms with Gasteiger partial charge in [-0.3, -0.25) is 9.69 Å². The van der Waals surface area contributed by atoms with Crippen LogP contribution in [0.3, 0.4) is 0 Å². The van der Waals surface area contributed by atoms with Crippen molar-refractivity contribution in [1.82, 2.24) is 9.21 Å². The molecular formula is C47H65N3O7S. The van der Waals surface area contributed by atoms with Crippen molar-refractivity contribution in [2.45, 2.75) is 108 Å². The molecule has 0 unspecified atom stereocenters. The fraction of sp³-hybridized carbons (Fsp3) is 0.447. The number of carbonyl (C=O) groups is 2. The highest BCUT2D eigenvalue weighted by atomic mass is 32.2. The SMILES string of the molecule is CCC=CCC=CCC=CCC=CCC=CCC=CCCC(=O)Nc1ccc(S(=O)(=O)N(CC(C)C)C[C@@H](O)[C@H](Cc2ccccc2)N(C(=O)O)[C@H]2CCOC2)cc1. The van der Waals surface area contributed by atoms with Crippen molar-refractivity contribution in [2.24, 2.45) is 5.92 Å². The molecule has 3 rings (SSSR count). The Balaban J connectivity index is 1.49. The summed E-state index contributed by atoms with van der Waals surface area (Å²) in [7, 11) is -4.10. The molecule has 1 heterocycles. The van der Waals surface area contributed by atoms with E-state index in [-0.39, 0.29) is 49.3 Å². The molecule has 0 spiro atoms. The van der Waals surface area contributed by atoms with Crippen LogP contribution in [0.4, 0.5) is 10.5 Å². The van der Waals surface area contributed by atoms with Crippen LogP contribution in [0.5, 0.6) is 0 Å². The van der Waals surface area contributed by atoms with E-state index in [2.05, 4.69) is 73.0 Å². The molecule has 316 valence electrons. The van der Waals surface area contributed by atoms with Gasteiger partial charge in [0.1, 0.15) is 0 Å². The predicted octanol–water partition coefficient (Wildman–Crippen LogP) is 9.49. The van der Waals surface area contributed by atoms with Gasteiger partial charge in [-0.2, -0.15) is 4.31 Å². The summed E-state index contributed by atoms with van der Waals surface area (Å²) in [6.07, 6.45) is 30.3. The molecule has 3 N–H and O–H groups in total. The topological polar surface area (TPSA) is 136 Å². The molecule has 1 aliphatic rings. The molecule has 58 heavy (non-hydrogen) atoms. The average molecular weight is 816 g/mol. The van der Waals surface area contributed by atoms with E-state index in [0.717, 1.165) is 44.1 Å². The van der Waals surface area contributed by atoms with Gasteiger partial charge >= 0.3 is 6.09 Å². The molecule has 0 bridgehead atoms. The number of nitrogens with one attached hydrogen (secondary N) is 1. The number of benzene rings is 2. The van der Waals surface area contributed by atoms with Gasteiger partial charge in [0.2, 0.25) is 15.9 Å². The van der Waals surface area contributed by atoms with Crippen LogP contribution in [0, 0.1) is 5.92 Å². The third-order valence-corrected chi connectivity index (χ3v) is 11.3. The summed E-state index contributed by atoms with van der Waals surface area (Å²) >= 11 is 0. The number of anilines is 1. The highest BCUT2D eigenvalue weighted by Crippen LogP contribution is 2.25. The summed E-state index contributed by atoms with van der Waals surface area (Å²) < 4.78 is 34.8. The van der Waals surface area contributed by atoms with Gasteiger partial charge in [-0.1, -0.05) is 124 Å². The van der Waals surface area contributed by atoms with Crippen molar-refractivity contribution < 1.29 is 33.0 Å². The molecule has 0 radical (unpaired) electrons. The Hall–Kier alpha value is -4.55. The van der Waals surface area contributed by atoms with Crippen molar-refractivity contribution in [3.8, 4) is 0 Å². The van der Waals surface area contributed by atoms with Crippen LogP contribution >= 0.6 is 0 Å². The minimum Gasteiger partial charge on any atom is -0.465 e. The first-order chi connectivity index (χ1) is 28.0. The number of aliphatic hydroxyl groups excluding tert-OH is 1. The molecule has 2 aromatic rings. The van der Waals surface area contributed by atoms with E-state index in [9.17, 15) is 28.2 Å². The molecule has 1 saturated heterocycles. The van der Waals surface area contributed by atoms with Crippen LogP contribution in [-0.4, -0.2) is 84.3 Å². The number of carbonyl (C=O) groups excluding carboxylic acids is 1. The fourth-order valence-corrected chi connectivity index (χ4v) is 8.15. The normalized spacial score (nSPS) is 16.3. The molecule has 3 atom stereocenters. The number of hydrogen-bond acceptors (Lipinski definition) is 6. The molecule has 2 aromatic carbocycles. The summed E-state index contributed by atoms with van der Waals surface area (Å²) in [5.41, 5.74) is 1.30. The van der Waals surface area contributed by atoms with Crippen LogP contribution in [0.2, 0.25) is 0 Å². The predicted molar refractivity (Wildman–Crippen MR) is 235 cm³/mol. The summed E-state index contributed by atoms with van der Waals surface area (Å²) in [6.45, 7) is 6.34. The van der Waals surface area contributed by atoms with Crippen LogP contribution in [-0.2, 0) is 26.0 Å². The van der Waals surface area contributed by atoms with E-state index in [4.69, 9.17) is 4.74 Å². The lowest BCUT2D eigenvalue weighted by Gasteiger charge is -2.38. The summed E-state index contributed by atoms with van der Waals surface area (Å²) in [5.74, 6) is -0.257. The molecule has 1 aliphatic heterocycles. The number of allylic oxidation sites excluding steroid dienone is 12. The highest BCUT2D eigenvalue weighted by molar-refractivity contribution is 7.89. The maximum Gasteiger partial charge on any atom is 0.407 e. The van der Waals surface area contributed by atoms with Crippen LogP contribution in [0.15, 0.2) is 132 Å². The highest BCUT2D eigenvalue weighted by Gasteiger charge is 2.39. The summed E-state index contributed by atoms with van der Waals surface area (Å²) in [6, 6.07) is 13.9. The van der Waals surface area contributed by atoms with Crippen LogP contribution in [0.1, 0.15) is 84.1 Å². The van der Waals surface area contributed by atoms with Gasteiger partial charge in [0.25, 0.3) is 0 Å². The number of aliphatic hydroxyl groups is 1. The number of amides is 2. The van der Waals surface area contributed by atoms with Gasteiger partial charge in [-0.05, 0) is 93.5 Å². The van der Waals surface area contributed by atoms with Crippen molar-refractivity contribution in [2.75, 3.05) is 31.6 Å². The number of nitrogens with zero attached hydrogens (tertiary/aromatic N) is 2. The summed E-state index contributed by atoms with van der Waals surface area (Å²) in [4.78, 5) is 26.5.